The van der Waals surface area contributed by atoms with E-state index in [0.717, 1.165) is 29.4 Å². The van der Waals surface area contributed by atoms with Crippen molar-refractivity contribution in [3.63, 3.8) is 0 Å². The summed E-state index contributed by atoms with van der Waals surface area (Å²) < 4.78 is 42.0. The number of rotatable bonds is 5. The van der Waals surface area contributed by atoms with Crippen molar-refractivity contribution in [3.05, 3.63) is 17.5 Å². The number of likely N-dealkylation sites (N-methyl/N-ethyl adjacent to an activating group) is 1. The van der Waals surface area contributed by atoms with Crippen molar-refractivity contribution in [2.45, 2.75) is 19.6 Å². The molecule has 130 valence electrons. The van der Waals surface area contributed by atoms with Gasteiger partial charge in [0.15, 0.2) is 5.76 Å². The van der Waals surface area contributed by atoms with E-state index < -0.39 is 18.6 Å². The Labute approximate surface area is 132 Å². The Morgan fingerprint density at radius 2 is 1.91 bits per heavy atom. The third-order valence-electron chi connectivity index (χ3n) is 3.72. The van der Waals surface area contributed by atoms with Crippen LogP contribution in [0.5, 0.6) is 0 Å². The quantitative estimate of drug-likeness (QED) is 0.808. The van der Waals surface area contributed by atoms with Crippen LogP contribution in [-0.4, -0.2) is 78.3 Å². The summed E-state index contributed by atoms with van der Waals surface area (Å²) in [6.45, 7) is 4.05. The standard InChI is InChI=1S/C14H21F3N4O2/c1-11-7-12(23-18-11)8-20-3-5-21(6-4-20)9-13(22)19(2)10-14(15,16)17/h7H,3-6,8-10H2,1-2H3. The molecule has 0 radical (unpaired) electrons. The number of carbonyl (C=O) groups excluding carboxylic acids is 1. The van der Waals surface area contributed by atoms with E-state index in [2.05, 4.69) is 10.1 Å². The molecule has 23 heavy (non-hydrogen) atoms. The van der Waals surface area contributed by atoms with Crippen LogP contribution >= 0.6 is 0 Å². The lowest BCUT2D eigenvalue weighted by Gasteiger charge is -2.34. The molecule has 0 saturated carbocycles. The summed E-state index contributed by atoms with van der Waals surface area (Å²) in [5.74, 6) is 0.276. The summed E-state index contributed by atoms with van der Waals surface area (Å²) in [6.07, 6.45) is -4.36. The average molecular weight is 334 g/mol. The fourth-order valence-corrected chi connectivity index (χ4v) is 2.49. The molecule has 0 atom stereocenters. The van der Waals surface area contributed by atoms with Crippen LogP contribution in [0.3, 0.4) is 0 Å². The second-order valence-electron chi connectivity index (χ2n) is 5.85. The molecule has 0 bridgehead atoms. The van der Waals surface area contributed by atoms with Gasteiger partial charge in [0.2, 0.25) is 5.91 Å². The zero-order chi connectivity index (χ0) is 17.0. The fourth-order valence-electron chi connectivity index (χ4n) is 2.49. The zero-order valence-corrected chi connectivity index (χ0v) is 13.3. The van der Waals surface area contributed by atoms with Crippen molar-refractivity contribution in [1.82, 2.24) is 19.9 Å². The first-order chi connectivity index (χ1) is 10.7. The Balaban J connectivity index is 1.73. The Morgan fingerprint density at radius 3 is 2.43 bits per heavy atom. The van der Waals surface area contributed by atoms with E-state index in [9.17, 15) is 18.0 Å². The van der Waals surface area contributed by atoms with E-state index in [1.54, 1.807) is 0 Å². The maximum Gasteiger partial charge on any atom is 0.406 e. The summed E-state index contributed by atoms with van der Waals surface area (Å²) in [5.41, 5.74) is 0.830. The highest BCUT2D eigenvalue weighted by Crippen LogP contribution is 2.16. The van der Waals surface area contributed by atoms with Crippen LogP contribution in [0.4, 0.5) is 13.2 Å². The van der Waals surface area contributed by atoms with Gasteiger partial charge in [0.05, 0.1) is 18.8 Å². The smallest absolute Gasteiger partial charge is 0.360 e. The van der Waals surface area contributed by atoms with E-state index in [1.807, 2.05) is 17.9 Å². The van der Waals surface area contributed by atoms with Crippen LogP contribution in [-0.2, 0) is 11.3 Å². The predicted octanol–water partition coefficient (Wildman–Crippen LogP) is 1.12. The lowest BCUT2D eigenvalue weighted by molar-refractivity contribution is -0.159. The topological polar surface area (TPSA) is 52.8 Å². The normalized spacial score (nSPS) is 17.4. The molecule has 1 saturated heterocycles. The highest BCUT2D eigenvalue weighted by molar-refractivity contribution is 5.78. The minimum atomic E-state index is -4.36. The molecule has 6 nitrogen and oxygen atoms in total. The maximum absolute atomic E-state index is 12.3. The number of hydrogen-bond acceptors (Lipinski definition) is 5. The molecular weight excluding hydrogens is 313 g/mol. The second-order valence-corrected chi connectivity index (χ2v) is 5.85. The Kier molecular flexibility index (Phi) is 5.64. The maximum atomic E-state index is 12.3. The van der Waals surface area contributed by atoms with Crippen molar-refractivity contribution in [2.75, 3.05) is 46.3 Å². The largest absolute Gasteiger partial charge is 0.406 e. The van der Waals surface area contributed by atoms with Gasteiger partial charge in [0.25, 0.3) is 0 Å². The molecular formula is C14H21F3N4O2. The summed E-state index contributed by atoms with van der Waals surface area (Å²) in [6, 6.07) is 1.88. The van der Waals surface area contributed by atoms with E-state index in [4.69, 9.17) is 4.52 Å². The molecule has 2 heterocycles. The van der Waals surface area contributed by atoms with Crippen molar-refractivity contribution >= 4 is 5.91 Å². The first-order valence-corrected chi connectivity index (χ1v) is 7.40. The molecule has 0 spiro atoms. The number of hydrogen-bond donors (Lipinski definition) is 0. The number of amides is 1. The second kappa shape index (κ2) is 7.31. The number of aryl methyl sites for hydroxylation is 1. The number of alkyl halides is 3. The number of nitrogens with zero attached hydrogens (tertiary/aromatic N) is 4. The van der Waals surface area contributed by atoms with Gasteiger partial charge in [-0.05, 0) is 6.92 Å². The minimum absolute atomic E-state index is 0.0157. The highest BCUT2D eigenvalue weighted by Gasteiger charge is 2.31. The summed E-state index contributed by atoms with van der Waals surface area (Å²) in [5, 5.41) is 3.83. The number of aromatic nitrogens is 1. The van der Waals surface area contributed by atoms with Crippen LogP contribution < -0.4 is 0 Å². The molecule has 0 aliphatic carbocycles. The Bertz CT molecular complexity index is 524. The third kappa shape index (κ3) is 5.83. The van der Waals surface area contributed by atoms with Gasteiger partial charge in [-0.15, -0.1) is 0 Å². The van der Waals surface area contributed by atoms with E-state index >= 15 is 0 Å². The zero-order valence-electron chi connectivity index (χ0n) is 13.3. The monoisotopic (exact) mass is 334 g/mol. The summed E-state index contributed by atoms with van der Waals surface area (Å²) >= 11 is 0. The Hall–Kier alpha value is -1.61. The molecule has 1 aromatic heterocycles. The van der Waals surface area contributed by atoms with Crippen LogP contribution in [0.15, 0.2) is 10.6 Å². The molecule has 0 unspecified atom stereocenters. The fraction of sp³-hybridized carbons (Fsp3) is 0.714. The molecule has 1 aromatic rings. The van der Waals surface area contributed by atoms with Crippen LogP contribution in [0, 0.1) is 6.92 Å². The first kappa shape index (κ1) is 17.7. The van der Waals surface area contributed by atoms with Crippen molar-refractivity contribution < 1.29 is 22.5 Å². The molecule has 2 rings (SSSR count). The molecule has 1 aliphatic rings. The van der Waals surface area contributed by atoms with Crippen LogP contribution in [0.2, 0.25) is 0 Å². The minimum Gasteiger partial charge on any atom is -0.360 e. The SMILES string of the molecule is Cc1cc(CN2CCN(CC(=O)N(C)CC(F)(F)F)CC2)on1. The summed E-state index contributed by atoms with van der Waals surface area (Å²) in [4.78, 5) is 16.6. The van der Waals surface area contributed by atoms with Gasteiger partial charge in [-0.25, -0.2) is 0 Å². The lowest BCUT2D eigenvalue weighted by Crippen LogP contribution is -2.50. The molecule has 0 aromatic carbocycles. The van der Waals surface area contributed by atoms with Gasteiger partial charge in [-0.2, -0.15) is 13.2 Å². The number of piperazine rings is 1. The van der Waals surface area contributed by atoms with Crippen molar-refractivity contribution in [3.8, 4) is 0 Å². The highest BCUT2D eigenvalue weighted by atomic mass is 19.4. The van der Waals surface area contributed by atoms with Gasteiger partial charge in [-0.1, -0.05) is 5.16 Å². The molecule has 1 fully saturated rings. The van der Waals surface area contributed by atoms with Crippen molar-refractivity contribution in [1.29, 1.82) is 0 Å². The number of carbonyl (C=O) groups is 1. The molecule has 1 amide bonds. The lowest BCUT2D eigenvalue weighted by atomic mass is 10.2. The summed E-state index contributed by atoms with van der Waals surface area (Å²) in [7, 11) is 1.18. The average Bonchev–Trinajstić information content (AvgIpc) is 2.84. The predicted molar refractivity (Wildman–Crippen MR) is 76.6 cm³/mol. The van der Waals surface area contributed by atoms with E-state index in [-0.39, 0.29) is 6.54 Å². The molecule has 1 aliphatic heterocycles. The van der Waals surface area contributed by atoms with Crippen LogP contribution in [0.25, 0.3) is 0 Å². The van der Waals surface area contributed by atoms with Gasteiger partial charge in [-0.3, -0.25) is 14.6 Å². The van der Waals surface area contributed by atoms with Gasteiger partial charge >= 0.3 is 6.18 Å². The third-order valence-corrected chi connectivity index (χ3v) is 3.72. The van der Waals surface area contributed by atoms with Gasteiger partial charge in [0, 0.05) is 39.3 Å². The first-order valence-electron chi connectivity index (χ1n) is 7.40. The van der Waals surface area contributed by atoms with Gasteiger partial charge in [0.1, 0.15) is 6.54 Å². The van der Waals surface area contributed by atoms with Gasteiger partial charge < -0.3 is 9.42 Å². The van der Waals surface area contributed by atoms with Crippen molar-refractivity contribution in [2.24, 2.45) is 0 Å². The molecule has 0 N–H and O–H groups in total. The number of halogens is 3. The van der Waals surface area contributed by atoms with E-state index in [1.165, 1.54) is 7.05 Å². The van der Waals surface area contributed by atoms with E-state index in [0.29, 0.717) is 19.6 Å². The Morgan fingerprint density at radius 1 is 1.30 bits per heavy atom. The molecule has 9 heteroatoms. The van der Waals surface area contributed by atoms with Crippen LogP contribution in [0.1, 0.15) is 11.5 Å².